The van der Waals surface area contributed by atoms with E-state index in [1.165, 1.54) is 0 Å². The lowest BCUT2D eigenvalue weighted by Crippen LogP contribution is -2.47. The first-order valence-corrected chi connectivity index (χ1v) is 11.3. The number of hydrogen-bond donors (Lipinski definition) is 0. The summed E-state index contributed by atoms with van der Waals surface area (Å²) < 4.78 is 17.7. The van der Waals surface area contributed by atoms with Crippen molar-refractivity contribution >= 4 is 14.6 Å². The molecule has 0 aromatic rings. The number of carbonyl (C=O) groups excluding carboxylic acids is 1. The Labute approximate surface area is 143 Å². The predicted octanol–water partition coefficient (Wildman–Crippen LogP) is 4.41. The standard InChI is InChI=1S/C18H36O4Si/c1-8-16(6)18(21-14-20-7)17(12-15(5)13-19)22-23(9-2,10-3)11-4/h8,13,15-18H,1,9-12,14H2,2-7H3/t15-,16-,17-,18-/m0/s1. The Kier molecular flexibility index (Phi) is 11.7. The Balaban J connectivity index is 5.42. The lowest BCUT2D eigenvalue weighted by Gasteiger charge is -2.39. The van der Waals surface area contributed by atoms with Crippen LogP contribution in [0.15, 0.2) is 12.7 Å². The largest absolute Gasteiger partial charge is 0.411 e. The second-order valence-electron chi connectivity index (χ2n) is 6.38. The van der Waals surface area contributed by atoms with Gasteiger partial charge in [-0.2, -0.15) is 0 Å². The third kappa shape index (κ3) is 7.29. The normalized spacial score (nSPS) is 17.3. The van der Waals surface area contributed by atoms with Gasteiger partial charge in [0.1, 0.15) is 13.1 Å². The minimum atomic E-state index is -1.79. The van der Waals surface area contributed by atoms with Gasteiger partial charge in [0.25, 0.3) is 0 Å². The molecule has 0 bridgehead atoms. The minimum Gasteiger partial charge on any atom is -0.411 e. The maximum absolute atomic E-state index is 11.2. The van der Waals surface area contributed by atoms with E-state index in [9.17, 15) is 4.79 Å². The summed E-state index contributed by atoms with van der Waals surface area (Å²) in [6.45, 7) is 14.7. The van der Waals surface area contributed by atoms with E-state index in [4.69, 9.17) is 13.9 Å². The van der Waals surface area contributed by atoms with E-state index in [2.05, 4.69) is 34.3 Å². The summed E-state index contributed by atoms with van der Waals surface area (Å²) in [6.07, 6.45) is 3.30. The van der Waals surface area contributed by atoms with Crippen molar-refractivity contribution in [1.29, 1.82) is 0 Å². The zero-order valence-electron chi connectivity index (χ0n) is 15.8. The van der Waals surface area contributed by atoms with Gasteiger partial charge in [-0.25, -0.2) is 0 Å². The van der Waals surface area contributed by atoms with Crippen LogP contribution in [-0.2, 0) is 18.7 Å². The van der Waals surface area contributed by atoms with Crippen LogP contribution >= 0.6 is 0 Å². The SMILES string of the molecule is C=C[C@H](C)[C@H](OCOC)[C@H](C[C@H](C)C=O)O[Si](CC)(CC)CC. The zero-order valence-corrected chi connectivity index (χ0v) is 16.8. The molecule has 4 nitrogen and oxygen atoms in total. The lowest BCUT2D eigenvalue weighted by molar-refractivity contribution is -0.127. The summed E-state index contributed by atoms with van der Waals surface area (Å²) in [7, 11) is -0.178. The second-order valence-corrected chi connectivity index (χ2v) is 11.1. The topological polar surface area (TPSA) is 44.8 Å². The van der Waals surface area contributed by atoms with Crippen LogP contribution in [-0.4, -0.2) is 40.7 Å². The van der Waals surface area contributed by atoms with Crippen LogP contribution in [0.4, 0.5) is 0 Å². The summed E-state index contributed by atoms with van der Waals surface area (Å²) >= 11 is 0. The van der Waals surface area contributed by atoms with Crippen molar-refractivity contribution in [1.82, 2.24) is 0 Å². The van der Waals surface area contributed by atoms with Gasteiger partial charge < -0.3 is 18.7 Å². The van der Waals surface area contributed by atoms with Crippen molar-refractivity contribution in [3.8, 4) is 0 Å². The van der Waals surface area contributed by atoms with Gasteiger partial charge in [-0.1, -0.05) is 40.7 Å². The second kappa shape index (κ2) is 12.0. The highest BCUT2D eigenvalue weighted by Gasteiger charge is 2.37. The number of aldehydes is 1. The molecule has 5 heteroatoms. The van der Waals surface area contributed by atoms with Gasteiger partial charge in [0.2, 0.25) is 0 Å². The Morgan fingerprint density at radius 2 is 1.70 bits per heavy atom. The van der Waals surface area contributed by atoms with Crippen LogP contribution in [0.3, 0.4) is 0 Å². The molecule has 0 aromatic heterocycles. The number of methoxy groups -OCH3 is 1. The first kappa shape index (κ1) is 22.5. The van der Waals surface area contributed by atoms with Crippen LogP contribution in [0.1, 0.15) is 41.0 Å². The molecule has 136 valence electrons. The van der Waals surface area contributed by atoms with Crippen molar-refractivity contribution < 1.29 is 18.7 Å². The van der Waals surface area contributed by atoms with Crippen LogP contribution < -0.4 is 0 Å². The Bertz CT molecular complexity index is 323. The van der Waals surface area contributed by atoms with Crippen molar-refractivity contribution in [3.05, 3.63) is 12.7 Å². The molecule has 0 heterocycles. The van der Waals surface area contributed by atoms with Crippen molar-refractivity contribution in [2.24, 2.45) is 11.8 Å². The maximum Gasteiger partial charge on any atom is 0.192 e. The number of hydrogen-bond acceptors (Lipinski definition) is 4. The van der Waals surface area contributed by atoms with Crippen LogP contribution in [0.2, 0.25) is 18.1 Å². The summed E-state index contributed by atoms with van der Waals surface area (Å²) in [4.78, 5) is 11.2. The summed E-state index contributed by atoms with van der Waals surface area (Å²) in [5.74, 6) is 0.0780. The van der Waals surface area contributed by atoms with Gasteiger partial charge in [0.15, 0.2) is 8.32 Å². The summed E-state index contributed by atoms with van der Waals surface area (Å²) in [5.41, 5.74) is 0. The highest BCUT2D eigenvalue weighted by Crippen LogP contribution is 2.30. The molecule has 0 rings (SSSR count). The average Bonchev–Trinajstić information content (AvgIpc) is 2.59. The fourth-order valence-electron chi connectivity index (χ4n) is 2.87. The van der Waals surface area contributed by atoms with Crippen LogP contribution in [0.5, 0.6) is 0 Å². The van der Waals surface area contributed by atoms with E-state index in [0.717, 1.165) is 24.4 Å². The third-order valence-electron chi connectivity index (χ3n) is 4.81. The van der Waals surface area contributed by atoms with Crippen molar-refractivity contribution in [2.75, 3.05) is 13.9 Å². The molecule has 0 aliphatic heterocycles. The maximum atomic E-state index is 11.2. The van der Waals surface area contributed by atoms with Crippen LogP contribution in [0.25, 0.3) is 0 Å². The summed E-state index contributed by atoms with van der Waals surface area (Å²) in [6, 6.07) is 3.22. The molecule has 0 aliphatic rings. The Morgan fingerprint density at radius 1 is 1.13 bits per heavy atom. The molecule has 0 saturated heterocycles. The van der Waals surface area contributed by atoms with E-state index >= 15 is 0 Å². The highest BCUT2D eigenvalue weighted by molar-refractivity contribution is 6.73. The lowest BCUT2D eigenvalue weighted by atomic mass is 9.93. The van der Waals surface area contributed by atoms with E-state index in [0.29, 0.717) is 6.42 Å². The molecule has 0 saturated carbocycles. The first-order chi connectivity index (χ1) is 10.9. The molecule has 0 aromatic carbocycles. The molecule has 0 spiro atoms. The van der Waals surface area contributed by atoms with Gasteiger partial charge >= 0.3 is 0 Å². The summed E-state index contributed by atoms with van der Waals surface area (Å²) in [5, 5.41) is 0. The fraction of sp³-hybridized carbons (Fsp3) is 0.833. The van der Waals surface area contributed by atoms with Gasteiger partial charge in [-0.3, -0.25) is 0 Å². The van der Waals surface area contributed by atoms with Crippen molar-refractivity contribution in [3.63, 3.8) is 0 Å². The molecule has 0 aliphatic carbocycles. The van der Waals surface area contributed by atoms with Crippen LogP contribution in [0, 0.1) is 11.8 Å². The van der Waals surface area contributed by atoms with Gasteiger partial charge in [-0.05, 0) is 24.6 Å². The zero-order chi connectivity index (χ0) is 17.9. The quantitative estimate of drug-likeness (QED) is 0.203. The molecule has 0 fully saturated rings. The molecule has 0 N–H and O–H groups in total. The smallest absolute Gasteiger partial charge is 0.192 e. The molecule has 4 atom stereocenters. The number of ether oxygens (including phenoxy) is 2. The third-order valence-corrected chi connectivity index (χ3v) is 9.47. The molecule has 23 heavy (non-hydrogen) atoms. The number of rotatable bonds is 14. The molecular formula is C18H36O4Si. The predicted molar refractivity (Wildman–Crippen MR) is 98.0 cm³/mol. The van der Waals surface area contributed by atoms with Gasteiger partial charge in [-0.15, -0.1) is 6.58 Å². The molecule has 0 amide bonds. The van der Waals surface area contributed by atoms with E-state index in [1.54, 1.807) is 7.11 Å². The first-order valence-electron chi connectivity index (χ1n) is 8.79. The average molecular weight is 345 g/mol. The van der Waals surface area contributed by atoms with E-state index in [-0.39, 0.29) is 30.8 Å². The molecular weight excluding hydrogens is 308 g/mol. The molecule has 0 unspecified atom stereocenters. The van der Waals surface area contributed by atoms with E-state index in [1.807, 2.05) is 13.0 Å². The Morgan fingerprint density at radius 3 is 2.09 bits per heavy atom. The monoisotopic (exact) mass is 344 g/mol. The van der Waals surface area contributed by atoms with Gasteiger partial charge in [0.05, 0.1) is 12.2 Å². The minimum absolute atomic E-state index is 0.0528. The number of carbonyl (C=O) groups is 1. The van der Waals surface area contributed by atoms with E-state index < -0.39 is 8.32 Å². The fourth-order valence-corrected chi connectivity index (χ4v) is 5.74. The highest BCUT2D eigenvalue weighted by atomic mass is 28.4. The Hall–Kier alpha value is -0.493. The molecule has 0 radical (unpaired) electrons. The van der Waals surface area contributed by atoms with Crippen molar-refractivity contribution in [2.45, 2.75) is 71.4 Å². The van der Waals surface area contributed by atoms with Gasteiger partial charge in [0, 0.05) is 18.9 Å².